The van der Waals surface area contributed by atoms with E-state index in [1.54, 1.807) is 18.2 Å². The van der Waals surface area contributed by atoms with Gasteiger partial charge in [0.2, 0.25) is 0 Å². The maximum absolute atomic E-state index is 13.1. The summed E-state index contributed by atoms with van der Waals surface area (Å²) in [4.78, 5) is 27.0. The summed E-state index contributed by atoms with van der Waals surface area (Å²) >= 11 is 0. The van der Waals surface area contributed by atoms with Gasteiger partial charge in [-0.25, -0.2) is 17.4 Å². The minimum Gasteiger partial charge on any atom is -0.376 e. The number of hydrogen-bond acceptors (Lipinski definition) is 7. The number of anilines is 1. The van der Waals surface area contributed by atoms with Gasteiger partial charge in [-0.2, -0.15) is 0 Å². The minimum absolute atomic E-state index is 0.0125. The minimum atomic E-state index is -3.90. The molecule has 5 rings (SSSR count). The van der Waals surface area contributed by atoms with Crippen molar-refractivity contribution >= 4 is 38.2 Å². The number of ketones is 1. The van der Waals surface area contributed by atoms with Gasteiger partial charge in [0.1, 0.15) is 17.7 Å². The van der Waals surface area contributed by atoms with Crippen molar-refractivity contribution in [1.82, 2.24) is 8.96 Å². The van der Waals surface area contributed by atoms with E-state index >= 15 is 0 Å². The van der Waals surface area contributed by atoms with E-state index in [9.17, 15) is 23.3 Å². The first-order valence-corrected chi connectivity index (χ1v) is 11.5. The number of rotatable bonds is 5. The lowest BCUT2D eigenvalue weighted by atomic mass is 10.0. The highest BCUT2D eigenvalue weighted by molar-refractivity contribution is 7.90. The Morgan fingerprint density at radius 3 is 2.42 bits per heavy atom. The highest BCUT2D eigenvalue weighted by atomic mass is 32.2. The van der Waals surface area contributed by atoms with E-state index in [1.165, 1.54) is 24.4 Å². The summed E-state index contributed by atoms with van der Waals surface area (Å²) in [6, 6.07) is 9.49. The molecule has 1 unspecified atom stereocenters. The summed E-state index contributed by atoms with van der Waals surface area (Å²) < 4.78 is 27.2. The molecule has 2 aliphatic carbocycles. The fraction of sp³-hybridized carbons (Fsp3) is 0.333. The van der Waals surface area contributed by atoms with Gasteiger partial charge in [-0.3, -0.25) is 14.9 Å². The first kappa shape index (κ1) is 19.7. The maximum atomic E-state index is 13.1. The van der Waals surface area contributed by atoms with E-state index in [0.717, 1.165) is 23.0 Å². The number of Topliss-reactive ketones (excluding diaryl/α,β-unsaturated/α-hetero) is 1. The maximum Gasteiger partial charge on any atom is 0.311 e. The number of fused-ring (bicyclic) bond motifs is 2. The molecule has 2 saturated carbocycles. The fourth-order valence-corrected chi connectivity index (χ4v) is 6.27. The van der Waals surface area contributed by atoms with Gasteiger partial charge in [-0.1, -0.05) is 18.2 Å². The molecule has 0 radical (unpaired) electrons. The van der Waals surface area contributed by atoms with Crippen LogP contribution >= 0.6 is 0 Å². The quantitative estimate of drug-likeness (QED) is 0.476. The number of hydrogen-bond donors (Lipinski definition) is 1. The average molecular weight is 440 g/mol. The van der Waals surface area contributed by atoms with Crippen LogP contribution < -0.4 is 5.32 Å². The molecule has 2 heterocycles. The lowest BCUT2D eigenvalue weighted by molar-refractivity contribution is -0.384. The molecular weight excluding hydrogens is 420 g/mol. The number of pyridine rings is 1. The van der Waals surface area contributed by atoms with Crippen LogP contribution in [0.3, 0.4) is 0 Å². The largest absolute Gasteiger partial charge is 0.376 e. The monoisotopic (exact) mass is 440 g/mol. The lowest BCUT2D eigenvalue weighted by Crippen LogP contribution is -2.18. The van der Waals surface area contributed by atoms with Crippen LogP contribution in [0.1, 0.15) is 25.7 Å². The van der Waals surface area contributed by atoms with Crippen molar-refractivity contribution in [3.8, 4) is 0 Å². The van der Waals surface area contributed by atoms with Crippen molar-refractivity contribution in [2.75, 3.05) is 5.32 Å². The topological polar surface area (TPSA) is 124 Å². The zero-order valence-corrected chi connectivity index (χ0v) is 17.3. The number of nitro groups is 1. The second-order valence-corrected chi connectivity index (χ2v) is 10.0. The second-order valence-electron chi connectivity index (χ2n) is 8.22. The molecule has 3 atom stereocenters. The predicted octanol–water partition coefficient (Wildman–Crippen LogP) is 3.35. The molecule has 0 saturated heterocycles. The molecule has 0 bridgehead atoms. The van der Waals surface area contributed by atoms with Crippen LogP contribution in [0, 0.1) is 22.0 Å². The molecule has 3 aromatic rings. The van der Waals surface area contributed by atoms with E-state index in [-0.39, 0.29) is 33.7 Å². The molecule has 2 fully saturated rings. The van der Waals surface area contributed by atoms with Crippen molar-refractivity contribution < 1.29 is 18.1 Å². The van der Waals surface area contributed by atoms with Crippen LogP contribution in [0.25, 0.3) is 11.0 Å². The van der Waals surface area contributed by atoms with Crippen molar-refractivity contribution in [3.05, 3.63) is 58.9 Å². The molecule has 0 amide bonds. The number of benzene rings is 1. The molecule has 0 aliphatic heterocycles. The predicted molar refractivity (Wildman–Crippen MR) is 113 cm³/mol. The molecular formula is C21H20N4O5S. The molecule has 10 heteroatoms. The van der Waals surface area contributed by atoms with E-state index in [2.05, 4.69) is 10.3 Å². The van der Waals surface area contributed by atoms with Crippen molar-refractivity contribution in [2.24, 2.45) is 11.8 Å². The van der Waals surface area contributed by atoms with E-state index in [4.69, 9.17) is 0 Å². The Morgan fingerprint density at radius 2 is 1.77 bits per heavy atom. The second kappa shape index (κ2) is 7.16. The first-order chi connectivity index (χ1) is 14.8. The number of carbonyl (C=O) groups excluding carboxylic acids is 1. The summed E-state index contributed by atoms with van der Waals surface area (Å²) in [5.74, 6) is 0.905. The summed E-state index contributed by atoms with van der Waals surface area (Å²) in [5.41, 5.74) is 0.203. The zero-order valence-electron chi connectivity index (χ0n) is 16.5. The molecule has 2 aliphatic rings. The molecule has 31 heavy (non-hydrogen) atoms. The van der Waals surface area contributed by atoms with Gasteiger partial charge in [-0.15, -0.1) is 0 Å². The molecule has 160 valence electrons. The Hall–Kier alpha value is -3.27. The van der Waals surface area contributed by atoms with Crippen LogP contribution in [0.5, 0.6) is 0 Å². The fourth-order valence-electron chi connectivity index (χ4n) is 4.94. The summed E-state index contributed by atoms with van der Waals surface area (Å²) in [5, 5.41) is 15.3. The van der Waals surface area contributed by atoms with Gasteiger partial charge in [0, 0.05) is 25.1 Å². The smallest absolute Gasteiger partial charge is 0.311 e. The van der Waals surface area contributed by atoms with E-state index in [0.29, 0.717) is 30.1 Å². The normalized spacial score (nSPS) is 23.2. The number of nitrogens with zero attached hydrogens (tertiary/aromatic N) is 3. The van der Waals surface area contributed by atoms with Gasteiger partial charge >= 0.3 is 5.69 Å². The highest BCUT2D eigenvalue weighted by Gasteiger charge is 2.41. The van der Waals surface area contributed by atoms with Crippen LogP contribution in [0.4, 0.5) is 11.4 Å². The van der Waals surface area contributed by atoms with Crippen LogP contribution in [-0.2, 0) is 14.8 Å². The summed E-state index contributed by atoms with van der Waals surface area (Å²) in [7, 11) is -3.90. The third-order valence-corrected chi connectivity index (χ3v) is 8.01. The van der Waals surface area contributed by atoms with E-state index < -0.39 is 14.9 Å². The Morgan fingerprint density at radius 1 is 1.10 bits per heavy atom. The third-order valence-electron chi connectivity index (χ3n) is 6.33. The van der Waals surface area contributed by atoms with Gasteiger partial charge in [0.15, 0.2) is 5.65 Å². The van der Waals surface area contributed by atoms with Crippen molar-refractivity contribution in [2.45, 2.75) is 36.6 Å². The van der Waals surface area contributed by atoms with Gasteiger partial charge < -0.3 is 5.32 Å². The molecule has 9 nitrogen and oxygen atoms in total. The van der Waals surface area contributed by atoms with Crippen LogP contribution in [-0.4, -0.2) is 34.1 Å². The Bertz CT molecular complexity index is 1290. The van der Waals surface area contributed by atoms with Crippen LogP contribution in [0.15, 0.2) is 53.7 Å². The average Bonchev–Trinajstić information content (AvgIpc) is 3.41. The first-order valence-electron chi connectivity index (χ1n) is 10.1. The van der Waals surface area contributed by atoms with Gasteiger partial charge in [0.05, 0.1) is 15.2 Å². The molecule has 1 aromatic carbocycles. The summed E-state index contributed by atoms with van der Waals surface area (Å²) in [6.07, 6.45) is 5.14. The highest BCUT2D eigenvalue weighted by Crippen LogP contribution is 2.44. The number of carbonyl (C=O) groups is 1. The molecule has 2 aromatic heterocycles. The molecule has 0 spiro atoms. The summed E-state index contributed by atoms with van der Waals surface area (Å²) in [6.45, 7) is 0. The Kier molecular flexibility index (Phi) is 4.54. The lowest BCUT2D eigenvalue weighted by Gasteiger charge is -2.16. The molecule has 1 N–H and O–H groups in total. The Labute approximate surface area is 178 Å². The number of aromatic nitrogens is 2. The SMILES string of the molecule is O=C1C[C@@H]2CC(Nc3c([N+](=O)[O-])cnc4c3ccn4S(=O)(=O)c3ccccc3)C[C@@H]2C1. The van der Waals surface area contributed by atoms with Crippen molar-refractivity contribution in [3.63, 3.8) is 0 Å². The van der Waals surface area contributed by atoms with Crippen molar-refractivity contribution in [1.29, 1.82) is 0 Å². The Balaban J connectivity index is 1.56. The van der Waals surface area contributed by atoms with Gasteiger partial charge in [-0.05, 0) is 42.9 Å². The number of nitrogens with one attached hydrogen (secondary N) is 1. The van der Waals surface area contributed by atoms with Crippen LogP contribution in [0.2, 0.25) is 0 Å². The zero-order chi connectivity index (χ0) is 21.8. The third kappa shape index (κ3) is 3.27. The van der Waals surface area contributed by atoms with Gasteiger partial charge in [0.25, 0.3) is 10.0 Å². The van der Waals surface area contributed by atoms with E-state index in [1.807, 2.05) is 0 Å². The standard InChI is InChI=1S/C21H20N4O5S/c26-16-10-13-8-15(9-14(13)11-16)23-20-18-6-7-24(21(18)22-12-19(20)25(27)28)31(29,30)17-4-2-1-3-5-17/h1-7,12-15H,8-11H2,(H,22,23)/t13-,14+,15?.